The number of benzene rings is 1. The average molecular weight is 454 g/mol. The number of rotatable bonds is 7. The summed E-state index contributed by atoms with van der Waals surface area (Å²) in [4.78, 5) is 22.0. The van der Waals surface area contributed by atoms with Crippen molar-refractivity contribution in [2.24, 2.45) is 0 Å². The molecule has 6 nitrogen and oxygen atoms in total. The van der Waals surface area contributed by atoms with E-state index < -0.39 is 0 Å². The number of carbonyl (C=O) groups is 1. The average Bonchev–Trinajstić information content (AvgIpc) is 3.26. The molecular weight excluding hydrogens is 426 g/mol. The van der Waals surface area contributed by atoms with E-state index in [4.69, 9.17) is 0 Å². The molecule has 4 rings (SSSR count). The molecule has 1 N–H and O–H groups in total. The Labute approximate surface area is 191 Å². The van der Waals surface area contributed by atoms with Crippen LogP contribution in [0.25, 0.3) is 11.3 Å². The molecule has 8 heteroatoms. The molecule has 2 heterocycles. The Kier molecular flexibility index (Phi) is 7.29. The first-order chi connectivity index (χ1) is 15.1. The van der Waals surface area contributed by atoms with Gasteiger partial charge in [-0.1, -0.05) is 79.6 Å². The summed E-state index contributed by atoms with van der Waals surface area (Å²) in [6, 6.07) is 12.0. The molecule has 0 bridgehead atoms. The fourth-order valence-electron chi connectivity index (χ4n) is 3.81. The molecule has 0 saturated heterocycles. The summed E-state index contributed by atoms with van der Waals surface area (Å²) in [5.74, 6) is 1.13. The number of aromatic nitrogens is 4. The summed E-state index contributed by atoms with van der Waals surface area (Å²) in [6.07, 6.45) is 6.85. The van der Waals surface area contributed by atoms with Crippen molar-refractivity contribution in [1.82, 2.24) is 20.2 Å². The van der Waals surface area contributed by atoms with Crippen LogP contribution in [-0.2, 0) is 4.79 Å². The SMILES string of the molecule is CCC(Sc1cc(-c2ccccc2)nc(C)n1)C(=O)Nc1nnc(C2CCCCC2)s1. The first-order valence-corrected chi connectivity index (χ1v) is 12.5. The van der Waals surface area contributed by atoms with Gasteiger partial charge >= 0.3 is 0 Å². The highest BCUT2D eigenvalue weighted by Gasteiger charge is 2.23. The van der Waals surface area contributed by atoms with Gasteiger partial charge in [0, 0.05) is 11.5 Å². The van der Waals surface area contributed by atoms with Crippen LogP contribution in [0.15, 0.2) is 41.4 Å². The van der Waals surface area contributed by atoms with E-state index in [1.165, 1.54) is 55.2 Å². The molecule has 0 aliphatic heterocycles. The summed E-state index contributed by atoms with van der Waals surface area (Å²) >= 11 is 2.98. The van der Waals surface area contributed by atoms with E-state index in [2.05, 4.69) is 25.5 Å². The fourth-order valence-corrected chi connectivity index (χ4v) is 5.71. The standard InChI is InChI=1S/C23H27N5OS2/c1-3-19(21(29)26-23-28-27-22(31-23)17-12-8-5-9-13-17)30-20-14-18(24-15(2)25-20)16-10-6-4-7-11-16/h4,6-7,10-11,14,17,19H,3,5,8-9,12-13H2,1-2H3,(H,26,28,29). The number of nitrogens with one attached hydrogen (secondary N) is 1. The predicted octanol–water partition coefficient (Wildman–Crippen LogP) is 5.86. The molecule has 1 amide bonds. The van der Waals surface area contributed by atoms with Crippen molar-refractivity contribution in [3.8, 4) is 11.3 Å². The maximum absolute atomic E-state index is 12.9. The molecular formula is C23H27N5OS2. The predicted molar refractivity (Wildman–Crippen MR) is 127 cm³/mol. The van der Waals surface area contributed by atoms with Crippen molar-refractivity contribution in [2.75, 3.05) is 5.32 Å². The van der Waals surface area contributed by atoms with Crippen LogP contribution >= 0.6 is 23.1 Å². The van der Waals surface area contributed by atoms with Gasteiger partial charge in [-0.2, -0.15) is 0 Å². The Morgan fingerprint density at radius 2 is 1.94 bits per heavy atom. The largest absolute Gasteiger partial charge is 0.300 e. The highest BCUT2D eigenvalue weighted by atomic mass is 32.2. The van der Waals surface area contributed by atoms with E-state index in [0.717, 1.165) is 21.3 Å². The van der Waals surface area contributed by atoms with Crippen molar-refractivity contribution >= 4 is 34.1 Å². The second-order valence-corrected chi connectivity index (χ2v) is 10.0. The van der Waals surface area contributed by atoms with E-state index in [9.17, 15) is 4.79 Å². The van der Waals surface area contributed by atoms with Crippen LogP contribution in [0.5, 0.6) is 0 Å². The van der Waals surface area contributed by atoms with Gasteiger partial charge < -0.3 is 0 Å². The molecule has 1 saturated carbocycles. The van der Waals surface area contributed by atoms with Gasteiger partial charge in [-0.05, 0) is 32.3 Å². The van der Waals surface area contributed by atoms with Gasteiger partial charge in [-0.15, -0.1) is 10.2 Å². The third-order valence-electron chi connectivity index (χ3n) is 5.44. The molecule has 2 aromatic heterocycles. The molecule has 1 aliphatic rings. The van der Waals surface area contributed by atoms with E-state index in [1.54, 1.807) is 0 Å². The second kappa shape index (κ2) is 10.3. The minimum absolute atomic E-state index is 0.0589. The number of anilines is 1. The van der Waals surface area contributed by atoms with Crippen LogP contribution in [-0.4, -0.2) is 31.3 Å². The van der Waals surface area contributed by atoms with Crippen LogP contribution in [0.4, 0.5) is 5.13 Å². The summed E-state index contributed by atoms with van der Waals surface area (Å²) in [5, 5.41) is 13.7. The van der Waals surface area contributed by atoms with Crippen molar-refractivity contribution in [2.45, 2.75) is 68.6 Å². The molecule has 1 unspecified atom stereocenters. The second-order valence-electron chi connectivity index (χ2n) is 7.79. The zero-order valence-corrected chi connectivity index (χ0v) is 19.5. The Bertz CT molecular complexity index is 1020. The minimum Gasteiger partial charge on any atom is -0.300 e. The topological polar surface area (TPSA) is 80.7 Å². The zero-order chi connectivity index (χ0) is 21.6. The van der Waals surface area contributed by atoms with Gasteiger partial charge in [0.1, 0.15) is 15.9 Å². The molecule has 1 atom stereocenters. The third kappa shape index (κ3) is 5.68. The van der Waals surface area contributed by atoms with E-state index in [1.807, 2.05) is 50.2 Å². The van der Waals surface area contributed by atoms with Gasteiger partial charge in [-0.25, -0.2) is 9.97 Å². The summed E-state index contributed by atoms with van der Waals surface area (Å²) in [7, 11) is 0. The summed E-state index contributed by atoms with van der Waals surface area (Å²) in [5.41, 5.74) is 1.91. The summed E-state index contributed by atoms with van der Waals surface area (Å²) < 4.78 is 0. The fraction of sp³-hybridized carbons (Fsp3) is 0.435. The van der Waals surface area contributed by atoms with E-state index in [0.29, 0.717) is 23.3 Å². The van der Waals surface area contributed by atoms with E-state index >= 15 is 0 Å². The van der Waals surface area contributed by atoms with Crippen LogP contribution in [0.2, 0.25) is 0 Å². The van der Waals surface area contributed by atoms with Crippen LogP contribution in [0, 0.1) is 6.92 Å². The van der Waals surface area contributed by atoms with Crippen molar-refractivity contribution in [1.29, 1.82) is 0 Å². The molecule has 3 aromatic rings. The Morgan fingerprint density at radius 3 is 2.68 bits per heavy atom. The molecule has 31 heavy (non-hydrogen) atoms. The summed E-state index contributed by atoms with van der Waals surface area (Å²) in [6.45, 7) is 3.89. The number of amides is 1. The molecule has 162 valence electrons. The van der Waals surface area contributed by atoms with Crippen LogP contribution in [0.1, 0.15) is 62.2 Å². The zero-order valence-electron chi connectivity index (χ0n) is 17.9. The normalized spacial score (nSPS) is 15.5. The van der Waals surface area contributed by atoms with Gasteiger partial charge in [0.2, 0.25) is 11.0 Å². The molecule has 0 spiro atoms. The first-order valence-electron chi connectivity index (χ1n) is 10.8. The lowest BCUT2D eigenvalue weighted by Gasteiger charge is -2.18. The van der Waals surface area contributed by atoms with Crippen molar-refractivity contribution < 1.29 is 4.79 Å². The lowest BCUT2D eigenvalue weighted by Crippen LogP contribution is -2.24. The van der Waals surface area contributed by atoms with Crippen molar-refractivity contribution in [3.05, 3.63) is 47.2 Å². The Hall–Kier alpha value is -2.32. The van der Waals surface area contributed by atoms with Crippen molar-refractivity contribution in [3.63, 3.8) is 0 Å². The quantitative estimate of drug-likeness (QED) is 0.356. The maximum Gasteiger partial charge on any atom is 0.239 e. The third-order valence-corrected chi connectivity index (χ3v) is 7.72. The highest BCUT2D eigenvalue weighted by Crippen LogP contribution is 2.35. The minimum atomic E-state index is -0.264. The Balaban J connectivity index is 1.44. The number of aryl methyl sites for hydroxylation is 1. The van der Waals surface area contributed by atoms with Gasteiger partial charge in [0.05, 0.1) is 10.9 Å². The lowest BCUT2D eigenvalue weighted by atomic mass is 9.90. The first kappa shape index (κ1) is 21.9. The van der Waals surface area contributed by atoms with Crippen LogP contribution < -0.4 is 5.32 Å². The molecule has 1 fully saturated rings. The molecule has 1 aliphatic carbocycles. The van der Waals surface area contributed by atoms with Gasteiger partial charge in [0.15, 0.2) is 0 Å². The number of thioether (sulfide) groups is 1. The number of carbonyl (C=O) groups excluding carboxylic acids is 1. The maximum atomic E-state index is 12.9. The number of hydrogen-bond donors (Lipinski definition) is 1. The number of nitrogens with zero attached hydrogens (tertiary/aromatic N) is 4. The number of hydrogen-bond acceptors (Lipinski definition) is 7. The van der Waals surface area contributed by atoms with Crippen LogP contribution in [0.3, 0.4) is 0 Å². The highest BCUT2D eigenvalue weighted by molar-refractivity contribution is 8.00. The smallest absolute Gasteiger partial charge is 0.239 e. The van der Waals surface area contributed by atoms with Gasteiger partial charge in [-0.3, -0.25) is 10.1 Å². The Morgan fingerprint density at radius 1 is 1.16 bits per heavy atom. The lowest BCUT2D eigenvalue weighted by molar-refractivity contribution is -0.115. The van der Waals surface area contributed by atoms with Gasteiger partial charge in [0.25, 0.3) is 0 Å². The monoisotopic (exact) mass is 453 g/mol. The molecule has 1 aromatic carbocycles. The van der Waals surface area contributed by atoms with E-state index in [-0.39, 0.29) is 11.2 Å². The molecule has 0 radical (unpaired) electrons.